The molecule has 0 spiro atoms. The lowest BCUT2D eigenvalue weighted by Gasteiger charge is -2.17. The van der Waals surface area contributed by atoms with E-state index in [1.54, 1.807) is 17.3 Å². The number of amides is 2. The van der Waals surface area contributed by atoms with E-state index in [4.69, 9.17) is 4.74 Å². The van der Waals surface area contributed by atoms with Gasteiger partial charge in [-0.15, -0.1) is 0 Å². The van der Waals surface area contributed by atoms with Gasteiger partial charge in [0.2, 0.25) is 5.91 Å². The van der Waals surface area contributed by atoms with Crippen LogP contribution in [-0.2, 0) is 16.1 Å². The van der Waals surface area contributed by atoms with Gasteiger partial charge >= 0.3 is 0 Å². The van der Waals surface area contributed by atoms with Gasteiger partial charge in [-0.3, -0.25) is 14.6 Å². The largest absolute Gasteiger partial charge is 0.484 e. The predicted molar refractivity (Wildman–Crippen MR) is 102 cm³/mol. The van der Waals surface area contributed by atoms with Crippen molar-refractivity contribution in [3.05, 3.63) is 59.9 Å². The minimum Gasteiger partial charge on any atom is -0.484 e. The minimum atomic E-state index is -0.0322. The Kier molecular flexibility index (Phi) is 6.41. The molecule has 1 atom stereocenters. The molecule has 6 heteroatoms. The van der Waals surface area contributed by atoms with Gasteiger partial charge in [-0.25, -0.2) is 0 Å². The maximum atomic E-state index is 12.3. The van der Waals surface area contributed by atoms with E-state index < -0.39 is 0 Å². The summed E-state index contributed by atoms with van der Waals surface area (Å²) in [6.45, 7) is 3.83. The molecule has 142 valence electrons. The number of benzene rings is 1. The summed E-state index contributed by atoms with van der Waals surface area (Å²) >= 11 is 0. The summed E-state index contributed by atoms with van der Waals surface area (Å²) in [5.74, 6) is 0.878. The van der Waals surface area contributed by atoms with Crippen molar-refractivity contribution < 1.29 is 14.3 Å². The molecule has 1 N–H and O–H groups in total. The summed E-state index contributed by atoms with van der Waals surface area (Å²) in [6.07, 6.45) is 4.70. The number of likely N-dealkylation sites (tertiary alicyclic amines) is 1. The molecular formula is C21H25N3O3. The highest BCUT2D eigenvalue weighted by atomic mass is 16.5. The number of hydrogen-bond donors (Lipinski definition) is 1. The molecule has 1 aromatic carbocycles. The molecule has 0 saturated carbocycles. The molecule has 3 rings (SSSR count). The molecule has 6 nitrogen and oxygen atoms in total. The number of aromatic nitrogens is 1. The fraction of sp³-hybridized carbons (Fsp3) is 0.381. The fourth-order valence-corrected chi connectivity index (χ4v) is 3.13. The normalized spacial score (nSPS) is 16.2. The van der Waals surface area contributed by atoms with Crippen LogP contribution in [0.15, 0.2) is 48.8 Å². The molecule has 2 aromatic rings. The second-order valence-electron chi connectivity index (χ2n) is 6.93. The van der Waals surface area contributed by atoms with Gasteiger partial charge in [0, 0.05) is 38.4 Å². The van der Waals surface area contributed by atoms with E-state index in [-0.39, 0.29) is 24.3 Å². The maximum absolute atomic E-state index is 12.3. The highest BCUT2D eigenvalue weighted by Crippen LogP contribution is 2.20. The number of carbonyl (C=O) groups is 2. The summed E-state index contributed by atoms with van der Waals surface area (Å²) in [6, 6.07) is 11.4. The number of hydrogen-bond acceptors (Lipinski definition) is 4. The van der Waals surface area contributed by atoms with Crippen molar-refractivity contribution >= 4 is 11.8 Å². The summed E-state index contributed by atoms with van der Waals surface area (Å²) in [5, 5.41) is 2.93. The zero-order chi connectivity index (χ0) is 19.1. The van der Waals surface area contributed by atoms with Crippen LogP contribution >= 0.6 is 0 Å². The van der Waals surface area contributed by atoms with Gasteiger partial charge in [0.05, 0.1) is 0 Å². The van der Waals surface area contributed by atoms with Crippen LogP contribution in [0.3, 0.4) is 0 Å². The summed E-state index contributed by atoms with van der Waals surface area (Å²) in [5.41, 5.74) is 2.17. The maximum Gasteiger partial charge on any atom is 0.260 e. The van der Waals surface area contributed by atoms with Crippen LogP contribution in [0.2, 0.25) is 0 Å². The second-order valence-corrected chi connectivity index (χ2v) is 6.93. The average molecular weight is 367 g/mol. The average Bonchev–Trinajstić information content (AvgIpc) is 3.15. The lowest BCUT2D eigenvalue weighted by atomic mass is 10.0. The predicted octanol–water partition coefficient (Wildman–Crippen LogP) is 2.32. The van der Waals surface area contributed by atoms with Gasteiger partial charge in [-0.1, -0.05) is 17.7 Å². The first-order valence-corrected chi connectivity index (χ1v) is 9.23. The number of aryl methyl sites for hydroxylation is 1. The minimum absolute atomic E-state index is 0.0158. The van der Waals surface area contributed by atoms with Crippen molar-refractivity contribution in [2.75, 3.05) is 19.7 Å². The SMILES string of the molecule is Cc1ccc(OCC(=O)N2CCC(CC(=O)NCc3ccncc3)C2)cc1. The summed E-state index contributed by atoms with van der Waals surface area (Å²) in [7, 11) is 0. The number of rotatable bonds is 7. The van der Waals surface area contributed by atoms with Crippen molar-refractivity contribution in [2.45, 2.75) is 26.3 Å². The molecular weight excluding hydrogens is 342 g/mol. The molecule has 0 bridgehead atoms. The van der Waals surface area contributed by atoms with Crippen LogP contribution in [0.4, 0.5) is 0 Å². The molecule has 1 fully saturated rings. The molecule has 2 heterocycles. The molecule has 2 amide bonds. The Morgan fingerprint density at radius 1 is 1.19 bits per heavy atom. The van der Waals surface area contributed by atoms with E-state index in [0.29, 0.717) is 31.8 Å². The highest BCUT2D eigenvalue weighted by molar-refractivity contribution is 5.79. The van der Waals surface area contributed by atoms with Crippen molar-refractivity contribution in [2.24, 2.45) is 5.92 Å². The summed E-state index contributed by atoms with van der Waals surface area (Å²) < 4.78 is 5.56. The first-order chi connectivity index (χ1) is 13.1. The topological polar surface area (TPSA) is 71.5 Å². The van der Waals surface area contributed by atoms with E-state index in [9.17, 15) is 9.59 Å². The zero-order valence-electron chi connectivity index (χ0n) is 15.6. The van der Waals surface area contributed by atoms with Crippen molar-refractivity contribution in [3.63, 3.8) is 0 Å². The molecule has 1 aromatic heterocycles. The van der Waals surface area contributed by atoms with Crippen molar-refractivity contribution in [1.82, 2.24) is 15.2 Å². The van der Waals surface area contributed by atoms with Crippen molar-refractivity contribution in [3.8, 4) is 5.75 Å². The molecule has 1 unspecified atom stereocenters. The lowest BCUT2D eigenvalue weighted by Crippen LogP contribution is -2.33. The fourth-order valence-electron chi connectivity index (χ4n) is 3.13. The standard InChI is InChI=1S/C21H25N3O3/c1-16-2-4-19(5-3-16)27-15-21(26)24-11-8-18(14-24)12-20(25)23-13-17-6-9-22-10-7-17/h2-7,9-10,18H,8,11-15H2,1H3,(H,23,25). The van der Waals surface area contributed by atoms with Crippen LogP contribution < -0.4 is 10.1 Å². The zero-order valence-corrected chi connectivity index (χ0v) is 15.6. The van der Waals surface area contributed by atoms with E-state index in [0.717, 1.165) is 17.5 Å². The van der Waals surface area contributed by atoms with Gasteiger partial charge in [0.1, 0.15) is 5.75 Å². The lowest BCUT2D eigenvalue weighted by molar-refractivity contribution is -0.132. The summed E-state index contributed by atoms with van der Waals surface area (Å²) in [4.78, 5) is 30.2. The Morgan fingerprint density at radius 3 is 2.67 bits per heavy atom. The third kappa shape index (κ3) is 5.81. The number of ether oxygens (including phenoxy) is 1. The van der Waals surface area contributed by atoms with Gasteiger partial charge in [0.25, 0.3) is 5.91 Å². The number of nitrogens with zero attached hydrogens (tertiary/aromatic N) is 2. The van der Waals surface area contributed by atoms with Gasteiger partial charge in [-0.05, 0) is 49.1 Å². The monoisotopic (exact) mass is 367 g/mol. The van der Waals surface area contributed by atoms with E-state index in [1.807, 2.05) is 43.3 Å². The smallest absolute Gasteiger partial charge is 0.260 e. The highest BCUT2D eigenvalue weighted by Gasteiger charge is 2.27. The van der Waals surface area contributed by atoms with E-state index in [2.05, 4.69) is 10.3 Å². The first-order valence-electron chi connectivity index (χ1n) is 9.23. The van der Waals surface area contributed by atoms with E-state index >= 15 is 0 Å². The Morgan fingerprint density at radius 2 is 1.93 bits per heavy atom. The molecule has 1 aliphatic rings. The van der Waals surface area contributed by atoms with Gasteiger partial charge in [-0.2, -0.15) is 0 Å². The molecule has 27 heavy (non-hydrogen) atoms. The Balaban J connectivity index is 1.38. The van der Waals surface area contributed by atoms with Gasteiger partial charge in [0.15, 0.2) is 6.61 Å². The molecule has 1 saturated heterocycles. The Bertz CT molecular complexity index is 762. The van der Waals surface area contributed by atoms with Gasteiger partial charge < -0.3 is 15.0 Å². The Hall–Kier alpha value is -2.89. The van der Waals surface area contributed by atoms with Crippen LogP contribution in [-0.4, -0.2) is 41.4 Å². The second kappa shape index (κ2) is 9.16. The number of pyridine rings is 1. The Labute approximate surface area is 159 Å². The van der Waals surface area contributed by atoms with Crippen LogP contribution in [0, 0.1) is 12.8 Å². The molecule has 0 aliphatic carbocycles. The quantitative estimate of drug-likeness (QED) is 0.815. The van der Waals surface area contributed by atoms with Crippen molar-refractivity contribution in [1.29, 1.82) is 0 Å². The third-order valence-electron chi connectivity index (χ3n) is 4.73. The number of carbonyl (C=O) groups excluding carboxylic acids is 2. The molecule has 0 radical (unpaired) electrons. The third-order valence-corrected chi connectivity index (χ3v) is 4.73. The number of nitrogens with one attached hydrogen (secondary N) is 1. The van der Waals surface area contributed by atoms with E-state index in [1.165, 1.54) is 0 Å². The first kappa shape index (κ1) is 18.9. The van der Waals surface area contributed by atoms with Crippen LogP contribution in [0.5, 0.6) is 5.75 Å². The van der Waals surface area contributed by atoms with Crippen LogP contribution in [0.1, 0.15) is 24.0 Å². The molecule has 1 aliphatic heterocycles. The van der Waals surface area contributed by atoms with Crippen LogP contribution in [0.25, 0.3) is 0 Å².